The molecule has 0 bridgehead atoms. The van der Waals surface area contributed by atoms with Crippen molar-refractivity contribution in [2.24, 2.45) is 0 Å². The molecule has 0 unspecified atom stereocenters. The van der Waals surface area contributed by atoms with E-state index in [0.717, 1.165) is 22.5 Å². The summed E-state index contributed by atoms with van der Waals surface area (Å²) in [5, 5.41) is 6.61. The number of sulfonamides is 1. The average molecular weight is 482 g/mol. The van der Waals surface area contributed by atoms with Gasteiger partial charge in [0.2, 0.25) is 10.0 Å². The van der Waals surface area contributed by atoms with Crippen LogP contribution in [0.1, 0.15) is 15.9 Å². The first-order chi connectivity index (χ1) is 15.6. The first kappa shape index (κ1) is 22.9. The van der Waals surface area contributed by atoms with E-state index in [2.05, 4.69) is 10.2 Å². The van der Waals surface area contributed by atoms with E-state index < -0.39 is 32.5 Å². The lowest BCUT2D eigenvalue weighted by Crippen LogP contribution is -2.50. The molecule has 0 saturated carbocycles. The zero-order valence-electron chi connectivity index (χ0n) is 17.0. The number of H-pyrrole nitrogens is 1. The second kappa shape index (κ2) is 8.60. The molecule has 2 aromatic carbocycles. The monoisotopic (exact) mass is 482 g/mol. The molecule has 0 spiro atoms. The highest BCUT2D eigenvalue weighted by Gasteiger charge is 2.35. The largest absolute Gasteiger partial charge is 0.416 e. The molecule has 3 aromatic rings. The Balaban J connectivity index is 1.48. The third-order valence-corrected chi connectivity index (χ3v) is 7.22. The molecule has 1 aromatic heterocycles. The quantitative estimate of drug-likeness (QED) is 0.578. The highest BCUT2D eigenvalue weighted by molar-refractivity contribution is 7.89. The Bertz CT molecular complexity index is 1270. The second-order valence-corrected chi connectivity index (χ2v) is 9.33. The van der Waals surface area contributed by atoms with E-state index in [9.17, 15) is 30.8 Å². The molecular formula is C21H18F4N4O3S. The topological polar surface area (TPSA) is 86.4 Å². The van der Waals surface area contributed by atoms with Crippen LogP contribution in [0.4, 0.5) is 17.6 Å². The van der Waals surface area contributed by atoms with Gasteiger partial charge in [0.05, 0.1) is 27.9 Å². The highest BCUT2D eigenvalue weighted by atomic mass is 32.2. The van der Waals surface area contributed by atoms with Crippen LogP contribution in [0, 0.1) is 5.82 Å². The van der Waals surface area contributed by atoms with E-state index >= 15 is 0 Å². The normalized spacial score (nSPS) is 15.6. The molecule has 12 heteroatoms. The fourth-order valence-electron chi connectivity index (χ4n) is 3.57. The first-order valence-corrected chi connectivity index (χ1v) is 11.3. The maximum atomic E-state index is 13.2. The van der Waals surface area contributed by atoms with Gasteiger partial charge < -0.3 is 4.90 Å². The molecule has 1 saturated heterocycles. The van der Waals surface area contributed by atoms with Crippen molar-refractivity contribution in [2.45, 2.75) is 11.1 Å². The number of aromatic amines is 1. The number of rotatable bonds is 4. The Morgan fingerprint density at radius 1 is 1.00 bits per heavy atom. The summed E-state index contributed by atoms with van der Waals surface area (Å²) in [6.07, 6.45) is -3.32. The van der Waals surface area contributed by atoms with Crippen LogP contribution in [0.2, 0.25) is 0 Å². The van der Waals surface area contributed by atoms with E-state index in [1.165, 1.54) is 35.4 Å². The van der Waals surface area contributed by atoms with Gasteiger partial charge in [0, 0.05) is 31.7 Å². The Labute approximate surface area is 186 Å². The Morgan fingerprint density at radius 2 is 1.67 bits per heavy atom. The van der Waals surface area contributed by atoms with Gasteiger partial charge in [0.25, 0.3) is 5.91 Å². The molecule has 2 heterocycles. The molecule has 0 radical (unpaired) electrons. The van der Waals surface area contributed by atoms with E-state index in [4.69, 9.17) is 0 Å². The molecule has 7 nitrogen and oxygen atoms in total. The van der Waals surface area contributed by atoms with Crippen molar-refractivity contribution in [2.75, 3.05) is 26.2 Å². The fourth-order valence-corrected chi connectivity index (χ4v) is 5.04. The van der Waals surface area contributed by atoms with Gasteiger partial charge in [-0.1, -0.05) is 6.07 Å². The van der Waals surface area contributed by atoms with Crippen LogP contribution in [0.25, 0.3) is 11.3 Å². The van der Waals surface area contributed by atoms with Gasteiger partial charge in [-0.3, -0.25) is 9.89 Å². The summed E-state index contributed by atoms with van der Waals surface area (Å²) >= 11 is 0. The van der Waals surface area contributed by atoms with Gasteiger partial charge in [-0.25, -0.2) is 12.8 Å². The number of hydrogen-bond acceptors (Lipinski definition) is 4. The zero-order chi connectivity index (χ0) is 23.8. The number of amides is 1. The van der Waals surface area contributed by atoms with Crippen molar-refractivity contribution < 1.29 is 30.8 Å². The van der Waals surface area contributed by atoms with Crippen LogP contribution in [0.5, 0.6) is 0 Å². The van der Waals surface area contributed by atoms with Gasteiger partial charge in [0.1, 0.15) is 5.82 Å². The van der Waals surface area contributed by atoms with E-state index in [0.29, 0.717) is 17.3 Å². The molecule has 1 aliphatic rings. The fraction of sp³-hybridized carbons (Fsp3) is 0.238. The molecule has 4 rings (SSSR count). The predicted molar refractivity (Wildman–Crippen MR) is 110 cm³/mol. The Morgan fingerprint density at radius 3 is 2.30 bits per heavy atom. The third kappa shape index (κ3) is 4.62. The van der Waals surface area contributed by atoms with Crippen molar-refractivity contribution in [1.29, 1.82) is 0 Å². The minimum atomic E-state index is -4.66. The van der Waals surface area contributed by atoms with Crippen LogP contribution >= 0.6 is 0 Å². The van der Waals surface area contributed by atoms with Gasteiger partial charge in [-0.05, 0) is 42.5 Å². The standard InChI is InChI=1S/C21H18F4N4O3S/c22-16-6-4-14(5-7-16)19-18(13-26-27-19)20(30)28-8-10-29(11-9-28)33(31,32)17-3-1-2-15(12-17)21(23,24)25/h1-7,12-13H,8-11H2,(H,26,27). The molecule has 1 aliphatic heterocycles. The molecule has 33 heavy (non-hydrogen) atoms. The summed E-state index contributed by atoms with van der Waals surface area (Å²) < 4.78 is 78.9. The van der Waals surface area contributed by atoms with Gasteiger partial charge in [-0.15, -0.1) is 0 Å². The van der Waals surface area contributed by atoms with E-state index in [1.54, 1.807) is 0 Å². The van der Waals surface area contributed by atoms with Gasteiger partial charge in [0.15, 0.2) is 0 Å². The lowest BCUT2D eigenvalue weighted by Gasteiger charge is -2.34. The SMILES string of the molecule is O=C(c1cn[nH]c1-c1ccc(F)cc1)N1CCN(S(=O)(=O)c2cccc(C(F)(F)F)c2)CC1. The third-order valence-electron chi connectivity index (χ3n) is 5.33. The minimum absolute atomic E-state index is 0.0467. The predicted octanol–water partition coefficient (Wildman–Crippen LogP) is 3.38. The summed E-state index contributed by atoms with van der Waals surface area (Å²) in [6.45, 7) is -0.0573. The maximum absolute atomic E-state index is 13.2. The summed E-state index contributed by atoms with van der Waals surface area (Å²) in [6, 6.07) is 9.07. The van der Waals surface area contributed by atoms with E-state index in [1.807, 2.05) is 0 Å². The number of alkyl halides is 3. The Hall–Kier alpha value is -3.25. The van der Waals surface area contributed by atoms with Gasteiger partial charge >= 0.3 is 6.18 Å². The summed E-state index contributed by atoms with van der Waals surface area (Å²) in [7, 11) is -4.16. The maximum Gasteiger partial charge on any atom is 0.416 e. The number of nitrogens with zero attached hydrogens (tertiary/aromatic N) is 3. The average Bonchev–Trinajstić information content (AvgIpc) is 3.28. The number of benzene rings is 2. The van der Waals surface area contributed by atoms with Crippen molar-refractivity contribution in [3.8, 4) is 11.3 Å². The van der Waals surface area contributed by atoms with Crippen LogP contribution in [0.15, 0.2) is 59.6 Å². The van der Waals surface area contributed by atoms with Crippen LogP contribution in [0.3, 0.4) is 0 Å². The van der Waals surface area contributed by atoms with Gasteiger partial charge in [-0.2, -0.15) is 22.6 Å². The van der Waals surface area contributed by atoms with E-state index in [-0.39, 0.29) is 37.6 Å². The number of piperazine rings is 1. The second-order valence-electron chi connectivity index (χ2n) is 7.39. The number of nitrogens with one attached hydrogen (secondary N) is 1. The number of carbonyl (C=O) groups excluding carboxylic acids is 1. The van der Waals surface area contributed by atoms with Crippen LogP contribution < -0.4 is 0 Å². The lowest BCUT2D eigenvalue weighted by molar-refractivity contribution is -0.137. The number of aromatic nitrogens is 2. The van der Waals surface area contributed by atoms with Crippen molar-refractivity contribution in [1.82, 2.24) is 19.4 Å². The molecule has 1 N–H and O–H groups in total. The molecule has 0 atom stereocenters. The zero-order valence-corrected chi connectivity index (χ0v) is 17.8. The van der Waals surface area contributed by atoms with Crippen molar-refractivity contribution >= 4 is 15.9 Å². The summed E-state index contributed by atoms with van der Waals surface area (Å²) in [5.41, 5.74) is 0.156. The summed E-state index contributed by atoms with van der Waals surface area (Å²) in [4.78, 5) is 14.0. The molecule has 1 amide bonds. The van der Waals surface area contributed by atoms with Crippen LogP contribution in [-0.2, 0) is 16.2 Å². The molecule has 0 aliphatic carbocycles. The molecule has 174 valence electrons. The van der Waals surface area contributed by atoms with Crippen molar-refractivity contribution in [3.63, 3.8) is 0 Å². The van der Waals surface area contributed by atoms with Crippen LogP contribution in [-0.4, -0.2) is 59.9 Å². The number of hydrogen-bond donors (Lipinski definition) is 1. The Kier molecular flexibility index (Phi) is 5.97. The molecule has 1 fully saturated rings. The number of carbonyl (C=O) groups is 1. The smallest absolute Gasteiger partial charge is 0.336 e. The van der Waals surface area contributed by atoms with Crippen molar-refractivity contribution in [3.05, 3.63) is 71.7 Å². The summed E-state index contributed by atoms with van der Waals surface area (Å²) in [5.74, 6) is -0.816. The minimum Gasteiger partial charge on any atom is -0.336 e. The lowest BCUT2D eigenvalue weighted by atomic mass is 10.1. The first-order valence-electron chi connectivity index (χ1n) is 9.83. The number of halogens is 4. The molecular weight excluding hydrogens is 464 g/mol. The highest BCUT2D eigenvalue weighted by Crippen LogP contribution is 2.31.